The number of halogens is 1. The van der Waals surface area contributed by atoms with Crippen molar-refractivity contribution < 1.29 is 19.1 Å². The largest absolute Gasteiger partial charge is 0.482 e. The van der Waals surface area contributed by atoms with Gasteiger partial charge in [-0.25, -0.2) is 9.78 Å². The maximum Gasteiger partial charge on any atom is 0.341 e. The molecular weight excluding hydrogens is 464 g/mol. The Balaban J connectivity index is 0.00000289. The van der Waals surface area contributed by atoms with Gasteiger partial charge in [-0.15, -0.1) is 12.4 Å². The first kappa shape index (κ1) is 24.5. The number of carboxylic acids is 1. The second kappa shape index (κ2) is 11.2. The van der Waals surface area contributed by atoms with Crippen LogP contribution in [0, 0.1) is 0 Å². The maximum atomic E-state index is 10.8. The Bertz CT molecular complexity index is 1200. The molecule has 7 heteroatoms. The first-order valence-electron chi connectivity index (χ1n) is 11.5. The lowest BCUT2D eigenvalue weighted by Gasteiger charge is -2.22. The zero-order valence-corrected chi connectivity index (χ0v) is 20.0. The summed E-state index contributed by atoms with van der Waals surface area (Å²) in [4.78, 5) is 18.2. The van der Waals surface area contributed by atoms with Crippen LogP contribution in [0.2, 0.25) is 0 Å². The maximum absolute atomic E-state index is 10.8. The Morgan fingerprint density at radius 2 is 1.71 bits per heavy atom. The molecule has 5 rings (SSSR count). The van der Waals surface area contributed by atoms with Crippen LogP contribution in [-0.4, -0.2) is 34.1 Å². The number of rotatable bonds is 8. The Labute approximate surface area is 210 Å². The second-order valence-corrected chi connectivity index (χ2v) is 8.42. The Hall–Kier alpha value is -3.61. The molecule has 1 aliphatic rings. The predicted octanol–water partition coefficient (Wildman–Crippen LogP) is 6.23. The monoisotopic (exact) mass is 490 g/mol. The molecule has 1 fully saturated rings. The first-order valence-corrected chi connectivity index (χ1v) is 11.5. The van der Waals surface area contributed by atoms with Crippen molar-refractivity contribution in [2.75, 3.05) is 13.2 Å². The first-order chi connectivity index (χ1) is 16.7. The number of hydrogen-bond donors (Lipinski definition) is 1. The number of aliphatic carboxylic acids is 1. The molecule has 0 aliphatic carbocycles. The van der Waals surface area contributed by atoms with Crippen molar-refractivity contribution in [3.8, 4) is 28.3 Å². The van der Waals surface area contributed by atoms with Gasteiger partial charge in [-0.05, 0) is 37.1 Å². The van der Waals surface area contributed by atoms with E-state index in [1.165, 1.54) is 0 Å². The molecule has 0 spiro atoms. The van der Waals surface area contributed by atoms with Gasteiger partial charge in [0.05, 0.1) is 6.04 Å². The Kier molecular flexibility index (Phi) is 7.85. The third kappa shape index (κ3) is 5.73. The van der Waals surface area contributed by atoms with Gasteiger partial charge in [0.1, 0.15) is 11.4 Å². The molecule has 0 unspecified atom stereocenters. The van der Waals surface area contributed by atoms with Crippen LogP contribution in [0.15, 0.2) is 89.3 Å². The fraction of sp³-hybridized carbons (Fsp3) is 0.214. The summed E-state index contributed by atoms with van der Waals surface area (Å²) in [7, 11) is 0. The van der Waals surface area contributed by atoms with Crippen LogP contribution in [0.25, 0.3) is 22.6 Å². The van der Waals surface area contributed by atoms with E-state index in [2.05, 4.69) is 17.0 Å². The molecule has 180 valence electrons. The summed E-state index contributed by atoms with van der Waals surface area (Å²) in [6, 6.07) is 27.9. The second-order valence-electron chi connectivity index (χ2n) is 8.42. The summed E-state index contributed by atoms with van der Waals surface area (Å²) in [6.07, 6.45) is 2.03. The van der Waals surface area contributed by atoms with E-state index in [1.807, 2.05) is 66.7 Å². The molecule has 0 radical (unpaired) electrons. The number of nitrogens with zero attached hydrogens (tertiary/aromatic N) is 2. The van der Waals surface area contributed by atoms with Gasteiger partial charge in [-0.1, -0.05) is 72.8 Å². The average molecular weight is 491 g/mol. The van der Waals surface area contributed by atoms with E-state index in [9.17, 15) is 4.79 Å². The van der Waals surface area contributed by atoms with Gasteiger partial charge < -0.3 is 14.3 Å². The molecular formula is C28H27ClN2O4. The van der Waals surface area contributed by atoms with E-state index in [1.54, 1.807) is 6.07 Å². The SMILES string of the molecule is Cl.O=C(O)COc1cccc(CN2CCC[C@@H]2c2nc(-c3ccccc3)c(-c3ccccc3)o2)c1. The van der Waals surface area contributed by atoms with Crippen molar-refractivity contribution in [3.05, 3.63) is 96.4 Å². The Morgan fingerprint density at radius 3 is 2.43 bits per heavy atom. The van der Waals surface area contributed by atoms with E-state index < -0.39 is 5.97 Å². The van der Waals surface area contributed by atoms with Gasteiger partial charge >= 0.3 is 5.97 Å². The molecule has 35 heavy (non-hydrogen) atoms. The molecule has 1 aliphatic heterocycles. The Morgan fingerprint density at radius 1 is 1.00 bits per heavy atom. The number of carbonyl (C=O) groups is 1. The molecule has 4 aromatic rings. The van der Waals surface area contributed by atoms with Crippen LogP contribution in [0.1, 0.15) is 30.3 Å². The molecule has 2 heterocycles. The summed E-state index contributed by atoms with van der Waals surface area (Å²) in [6.45, 7) is 1.30. The number of likely N-dealkylation sites (tertiary alicyclic amines) is 1. The van der Waals surface area contributed by atoms with Crippen LogP contribution in [0.3, 0.4) is 0 Å². The van der Waals surface area contributed by atoms with Crippen LogP contribution >= 0.6 is 12.4 Å². The van der Waals surface area contributed by atoms with E-state index in [0.717, 1.165) is 53.4 Å². The summed E-state index contributed by atoms with van der Waals surface area (Å²) < 4.78 is 11.8. The molecule has 0 amide bonds. The van der Waals surface area contributed by atoms with Crippen molar-refractivity contribution in [3.63, 3.8) is 0 Å². The third-order valence-corrected chi connectivity index (χ3v) is 6.02. The highest BCUT2D eigenvalue weighted by Crippen LogP contribution is 2.39. The smallest absolute Gasteiger partial charge is 0.341 e. The van der Waals surface area contributed by atoms with Crippen LogP contribution < -0.4 is 4.74 Å². The number of aromatic nitrogens is 1. The van der Waals surface area contributed by atoms with Crippen LogP contribution in [0.4, 0.5) is 0 Å². The van der Waals surface area contributed by atoms with E-state index in [-0.39, 0.29) is 25.1 Å². The summed E-state index contributed by atoms with van der Waals surface area (Å²) in [5.41, 5.74) is 3.96. The predicted molar refractivity (Wildman–Crippen MR) is 137 cm³/mol. The van der Waals surface area contributed by atoms with E-state index in [4.69, 9.17) is 19.2 Å². The topological polar surface area (TPSA) is 75.8 Å². The van der Waals surface area contributed by atoms with Crippen molar-refractivity contribution >= 4 is 18.4 Å². The molecule has 6 nitrogen and oxygen atoms in total. The van der Waals surface area contributed by atoms with Crippen molar-refractivity contribution in [2.24, 2.45) is 0 Å². The van der Waals surface area contributed by atoms with Crippen molar-refractivity contribution in [2.45, 2.75) is 25.4 Å². The molecule has 1 saturated heterocycles. The summed E-state index contributed by atoms with van der Waals surface area (Å²) >= 11 is 0. The van der Waals surface area contributed by atoms with Crippen molar-refractivity contribution in [1.82, 2.24) is 9.88 Å². The van der Waals surface area contributed by atoms with Gasteiger partial charge in [0.2, 0.25) is 5.89 Å². The summed E-state index contributed by atoms with van der Waals surface area (Å²) in [5.74, 6) is 1.09. The number of ether oxygens (including phenoxy) is 1. The highest BCUT2D eigenvalue weighted by molar-refractivity contribution is 5.85. The van der Waals surface area contributed by atoms with Gasteiger partial charge in [-0.3, -0.25) is 4.90 Å². The minimum Gasteiger partial charge on any atom is -0.482 e. The zero-order chi connectivity index (χ0) is 23.3. The number of hydrogen-bond acceptors (Lipinski definition) is 5. The minimum absolute atomic E-state index is 0. The molecule has 0 saturated carbocycles. The average Bonchev–Trinajstić information content (AvgIpc) is 3.51. The molecule has 1 atom stereocenters. The highest BCUT2D eigenvalue weighted by atomic mass is 35.5. The highest BCUT2D eigenvalue weighted by Gasteiger charge is 2.31. The van der Waals surface area contributed by atoms with E-state index >= 15 is 0 Å². The standard InChI is InChI=1S/C28H26N2O4.ClH/c31-25(32)19-33-23-14-7-9-20(17-23)18-30-16-8-15-24(30)28-29-26(21-10-3-1-4-11-21)27(34-28)22-12-5-2-6-13-22;/h1-7,9-14,17,24H,8,15-16,18-19H2,(H,31,32);1H/t24-;/m1./s1. The van der Waals surface area contributed by atoms with Gasteiger partial charge in [-0.2, -0.15) is 0 Å². The fourth-order valence-corrected chi connectivity index (χ4v) is 4.46. The quantitative estimate of drug-likeness (QED) is 0.315. The summed E-state index contributed by atoms with van der Waals surface area (Å²) in [5, 5.41) is 8.87. The lowest BCUT2D eigenvalue weighted by atomic mass is 10.1. The zero-order valence-electron chi connectivity index (χ0n) is 19.2. The minimum atomic E-state index is -0.989. The fourth-order valence-electron chi connectivity index (χ4n) is 4.46. The third-order valence-electron chi connectivity index (χ3n) is 6.02. The number of carboxylic acid groups (broad SMARTS) is 1. The van der Waals surface area contributed by atoms with Crippen molar-refractivity contribution in [1.29, 1.82) is 0 Å². The molecule has 1 aromatic heterocycles. The van der Waals surface area contributed by atoms with E-state index in [0.29, 0.717) is 12.3 Å². The van der Waals surface area contributed by atoms with Gasteiger partial charge in [0.15, 0.2) is 12.4 Å². The number of oxazole rings is 1. The van der Waals surface area contributed by atoms with Gasteiger partial charge in [0, 0.05) is 17.7 Å². The number of benzene rings is 3. The molecule has 3 aromatic carbocycles. The van der Waals surface area contributed by atoms with Crippen LogP contribution in [-0.2, 0) is 11.3 Å². The van der Waals surface area contributed by atoms with Gasteiger partial charge in [0.25, 0.3) is 0 Å². The molecule has 0 bridgehead atoms. The molecule has 1 N–H and O–H groups in total. The lowest BCUT2D eigenvalue weighted by Crippen LogP contribution is -2.23. The van der Waals surface area contributed by atoms with Crippen LogP contribution in [0.5, 0.6) is 5.75 Å². The lowest BCUT2D eigenvalue weighted by molar-refractivity contribution is -0.139. The normalized spacial score (nSPS) is 15.5.